The van der Waals surface area contributed by atoms with Crippen LogP contribution in [0.4, 0.5) is 10.5 Å². The minimum absolute atomic E-state index is 0.00365. The summed E-state index contributed by atoms with van der Waals surface area (Å²) >= 11 is 0. The molecule has 0 fully saturated rings. The van der Waals surface area contributed by atoms with Gasteiger partial charge in [0.05, 0.1) is 4.92 Å². The van der Waals surface area contributed by atoms with Crippen molar-refractivity contribution in [2.75, 3.05) is 0 Å². The van der Waals surface area contributed by atoms with E-state index in [0.717, 1.165) is 0 Å². The van der Waals surface area contributed by atoms with Crippen molar-refractivity contribution >= 4 is 17.7 Å². The van der Waals surface area contributed by atoms with Crippen LogP contribution in [0.5, 0.6) is 0 Å². The van der Waals surface area contributed by atoms with Crippen LogP contribution in [0.3, 0.4) is 0 Å². The van der Waals surface area contributed by atoms with Gasteiger partial charge in [-0.25, -0.2) is 4.79 Å². The molecule has 0 spiro atoms. The first-order valence-electron chi connectivity index (χ1n) is 7.09. The molecule has 0 aliphatic rings. The summed E-state index contributed by atoms with van der Waals surface area (Å²) in [6, 6.07) is 5.30. The van der Waals surface area contributed by atoms with Crippen molar-refractivity contribution in [2.45, 2.75) is 45.9 Å². The van der Waals surface area contributed by atoms with Gasteiger partial charge in [-0.3, -0.25) is 14.9 Å². The van der Waals surface area contributed by atoms with Gasteiger partial charge < -0.3 is 15.4 Å². The minimum Gasteiger partial charge on any atom is -0.444 e. The molecule has 2 amide bonds. The Morgan fingerprint density at radius 1 is 1.30 bits per heavy atom. The Labute approximate surface area is 134 Å². The van der Waals surface area contributed by atoms with E-state index in [1.807, 2.05) is 0 Å². The fraction of sp³-hybridized carbons (Fsp3) is 0.467. The number of nitro groups is 1. The van der Waals surface area contributed by atoms with Gasteiger partial charge in [0.25, 0.3) is 5.69 Å². The van der Waals surface area contributed by atoms with Crippen molar-refractivity contribution in [1.82, 2.24) is 10.6 Å². The number of carbonyl (C=O) groups is 2. The molecule has 1 aromatic rings. The zero-order chi connectivity index (χ0) is 17.6. The maximum absolute atomic E-state index is 11.9. The Morgan fingerprint density at radius 3 is 2.48 bits per heavy atom. The lowest BCUT2D eigenvalue weighted by Crippen LogP contribution is -2.46. The third kappa shape index (κ3) is 6.33. The Morgan fingerprint density at radius 2 is 1.91 bits per heavy atom. The lowest BCUT2D eigenvalue weighted by molar-refractivity contribution is -0.385. The zero-order valence-corrected chi connectivity index (χ0v) is 13.6. The molecule has 0 aromatic heterocycles. The quantitative estimate of drug-likeness (QED) is 0.637. The van der Waals surface area contributed by atoms with E-state index >= 15 is 0 Å². The average molecular weight is 323 g/mol. The second-order valence-corrected chi connectivity index (χ2v) is 5.97. The van der Waals surface area contributed by atoms with Crippen molar-refractivity contribution in [2.24, 2.45) is 0 Å². The van der Waals surface area contributed by atoms with Gasteiger partial charge in [-0.15, -0.1) is 0 Å². The smallest absolute Gasteiger partial charge is 0.408 e. The lowest BCUT2D eigenvalue weighted by Gasteiger charge is -2.21. The van der Waals surface area contributed by atoms with Crippen LogP contribution >= 0.6 is 0 Å². The molecular weight excluding hydrogens is 302 g/mol. The number of hydrogen-bond acceptors (Lipinski definition) is 5. The zero-order valence-electron chi connectivity index (χ0n) is 13.6. The van der Waals surface area contributed by atoms with Crippen LogP contribution in [-0.4, -0.2) is 28.6 Å². The Bertz CT molecular complexity index is 595. The molecule has 23 heavy (non-hydrogen) atoms. The van der Waals surface area contributed by atoms with Crippen LogP contribution in [0.25, 0.3) is 0 Å². The summed E-state index contributed by atoms with van der Waals surface area (Å²) in [5.74, 6) is -0.464. The van der Waals surface area contributed by atoms with Gasteiger partial charge in [0.2, 0.25) is 5.91 Å². The molecule has 0 heterocycles. The molecule has 8 nitrogen and oxygen atoms in total. The van der Waals surface area contributed by atoms with Crippen LogP contribution in [0, 0.1) is 10.1 Å². The number of alkyl carbamates (subject to hydrolysis) is 1. The normalized spacial score (nSPS) is 12.2. The molecule has 8 heteroatoms. The van der Waals surface area contributed by atoms with E-state index in [1.54, 1.807) is 39.0 Å². The van der Waals surface area contributed by atoms with E-state index in [1.165, 1.54) is 13.0 Å². The van der Waals surface area contributed by atoms with Crippen molar-refractivity contribution in [3.8, 4) is 0 Å². The summed E-state index contributed by atoms with van der Waals surface area (Å²) in [6.07, 6.45) is -0.703. The van der Waals surface area contributed by atoms with E-state index in [0.29, 0.717) is 5.56 Å². The van der Waals surface area contributed by atoms with Gasteiger partial charge in [-0.2, -0.15) is 0 Å². The van der Waals surface area contributed by atoms with Gasteiger partial charge >= 0.3 is 6.09 Å². The highest BCUT2D eigenvalue weighted by atomic mass is 16.6. The number of nitrogens with one attached hydrogen (secondary N) is 2. The third-order valence-electron chi connectivity index (χ3n) is 2.77. The number of nitrogens with zero attached hydrogens (tertiary/aromatic N) is 1. The number of rotatable bonds is 5. The molecule has 1 atom stereocenters. The van der Waals surface area contributed by atoms with E-state index in [2.05, 4.69) is 10.6 Å². The number of hydrogen-bond donors (Lipinski definition) is 2. The van der Waals surface area contributed by atoms with Gasteiger partial charge in [0.1, 0.15) is 11.6 Å². The summed E-state index contributed by atoms with van der Waals surface area (Å²) in [4.78, 5) is 33.9. The second kappa shape index (κ2) is 7.57. The fourth-order valence-electron chi connectivity index (χ4n) is 1.72. The number of benzene rings is 1. The highest BCUT2D eigenvalue weighted by Gasteiger charge is 2.21. The first kappa shape index (κ1) is 18.4. The molecule has 1 rings (SSSR count). The number of nitro benzene ring substituents is 1. The van der Waals surface area contributed by atoms with Gasteiger partial charge in [0.15, 0.2) is 0 Å². The van der Waals surface area contributed by atoms with Crippen LogP contribution in [0.2, 0.25) is 0 Å². The average Bonchev–Trinajstić information content (AvgIpc) is 2.42. The van der Waals surface area contributed by atoms with E-state index in [-0.39, 0.29) is 12.2 Å². The molecule has 2 N–H and O–H groups in total. The Balaban J connectivity index is 2.57. The number of carbonyl (C=O) groups excluding carboxylic acids is 2. The molecule has 0 aliphatic carbocycles. The Hall–Kier alpha value is -2.64. The molecule has 0 saturated heterocycles. The Kier molecular flexibility index (Phi) is 6.06. The monoisotopic (exact) mass is 323 g/mol. The first-order valence-corrected chi connectivity index (χ1v) is 7.09. The summed E-state index contributed by atoms with van der Waals surface area (Å²) in [5, 5.41) is 15.8. The molecule has 1 aromatic carbocycles. The topological polar surface area (TPSA) is 111 Å². The molecule has 0 unspecified atom stereocenters. The molecular formula is C15H21N3O5. The van der Waals surface area contributed by atoms with E-state index in [9.17, 15) is 19.7 Å². The summed E-state index contributed by atoms with van der Waals surface area (Å²) in [7, 11) is 0. The maximum atomic E-state index is 11.9. The van der Waals surface area contributed by atoms with Gasteiger partial charge in [-0.05, 0) is 27.7 Å². The summed E-state index contributed by atoms with van der Waals surface area (Å²) in [5.41, 5.74) is -0.346. The van der Waals surface area contributed by atoms with Gasteiger partial charge in [0, 0.05) is 18.2 Å². The predicted octanol–water partition coefficient (Wildman–Crippen LogP) is 2.12. The maximum Gasteiger partial charge on any atom is 0.408 e. The minimum atomic E-state index is -0.826. The van der Waals surface area contributed by atoms with Crippen molar-refractivity contribution in [3.63, 3.8) is 0 Å². The molecule has 0 radical (unpaired) electrons. The van der Waals surface area contributed by atoms with Crippen LogP contribution in [0.1, 0.15) is 33.3 Å². The summed E-state index contributed by atoms with van der Waals surface area (Å²) < 4.78 is 5.05. The molecule has 0 bridgehead atoms. The molecule has 0 aliphatic heterocycles. The molecule has 0 saturated carbocycles. The van der Waals surface area contributed by atoms with E-state index < -0.39 is 28.6 Å². The van der Waals surface area contributed by atoms with E-state index in [4.69, 9.17) is 4.74 Å². The SMILES string of the molecule is C[C@@H](NC(=O)OC(C)(C)C)C(=O)NCc1ccccc1[N+](=O)[O-]. The highest BCUT2D eigenvalue weighted by molar-refractivity contribution is 5.85. The fourth-order valence-corrected chi connectivity index (χ4v) is 1.72. The van der Waals surface area contributed by atoms with Gasteiger partial charge in [-0.1, -0.05) is 18.2 Å². The first-order chi connectivity index (χ1) is 10.6. The number of amides is 2. The summed E-state index contributed by atoms with van der Waals surface area (Å²) in [6.45, 7) is 6.64. The number of ether oxygens (including phenoxy) is 1. The van der Waals surface area contributed by atoms with Crippen molar-refractivity contribution < 1.29 is 19.2 Å². The standard InChI is InChI=1S/C15H21N3O5/c1-10(17-14(20)23-15(2,3)4)13(19)16-9-11-7-5-6-8-12(11)18(21)22/h5-8,10H,9H2,1-4H3,(H,16,19)(H,17,20)/t10-/m1/s1. The highest BCUT2D eigenvalue weighted by Crippen LogP contribution is 2.17. The lowest BCUT2D eigenvalue weighted by atomic mass is 10.2. The third-order valence-corrected chi connectivity index (χ3v) is 2.77. The van der Waals surface area contributed by atoms with Crippen molar-refractivity contribution in [1.29, 1.82) is 0 Å². The second-order valence-electron chi connectivity index (χ2n) is 5.97. The molecule has 126 valence electrons. The van der Waals surface area contributed by atoms with Crippen LogP contribution in [-0.2, 0) is 16.1 Å². The number of para-hydroxylation sites is 1. The van der Waals surface area contributed by atoms with Crippen molar-refractivity contribution in [3.05, 3.63) is 39.9 Å². The van der Waals surface area contributed by atoms with Crippen LogP contribution < -0.4 is 10.6 Å². The largest absolute Gasteiger partial charge is 0.444 e. The van der Waals surface area contributed by atoms with Crippen LogP contribution in [0.15, 0.2) is 24.3 Å². The predicted molar refractivity (Wildman–Crippen MR) is 83.8 cm³/mol.